The minimum atomic E-state index is -2.22. The van der Waals surface area contributed by atoms with Gasteiger partial charge in [0.15, 0.2) is 5.78 Å². The van der Waals surface area contributed by atoms with Crippen molar-refractivity contribution in [1.29, 1.82) is 0 Å². The van der Waals surface area contributed by atoms with Crippen LogP contribution in [0.4, 0.5) is 8.78 Å². The van der Waals surface area contributed by atoms with Crippen LogP contribution in [0, 0.1) is 0 Å². The first kappa shape index (κ1) is 11.9. The second-order valence-electron chi connectivity index (χ2n) is 3.53. The van der Waals surface area contributed by atoms with E-state index in [9.17, 15) is 13.6 Å². The van der Waals surface area contributed by atoms with Crippen molar-refractivity contribution in [3.05, 3.63) is 24.0 Å². The molecule has 1 aromatic heterocycles. The molecule has 0 radical (unpaired) electrons. The Morgan fingerprint density at radius 3 is 2.80 bits per heavy atom. The van der Waals surface area contributed by atoms with Crippen molar-refractivity contribution >= 4 is 5.78 Å². The molecule has 1 aromatic rings. The molecule has 0 amide bonds. The summed E-state index contributed by atoms with van der Waals surface area (Å²) in [4.78, 5) is 11.1. The van der Waals surface area contributed by atoms with Crippen LogP contribution in [0.3, 0.4) is 0 Å². The van der Waals surface area contributed by atoms with E-state index in [1.54, 1.807) is 18.3 Å². The number of aromatic nitrogens is 1. The van der Waals surface area contributed by atoms with Crippen LogP contribution in [0.1, 0.15) is 36.7 Å². The zero-order valence-corrected chi connectivity index (χ0v) is 8.75. The van der Waals surface area contributed by atoms with Gasteiger partial charge in [-0.1, -0.05) is 0 Å². The maximum atomic E-state index is 11.8. The highest BCUT2D eigenvalue weighted by molar-refractivity contribution is 5.92. The fourth-order valence-electron chi connectivity index (χ4n) is 1.51. The summed E-state index contributed by atoms with van der Waals surface area (Å²) < 4.78 is 25.5. The monoisotopic (exact) mass is 215 g/mol. The van der Waals surface area contributed by atoms with Gasteiger partial charge in [-0.15, -0.1) is 0 Å². The summed E-state index contributed by atoms with van der Waals surface area (Å²) in [6.45, 7) is 2.14. The van der Waals surface area contributed by atoms with Crippen LogP contribution < -0.4 is 0 Å². The molecule has 0 saturated heterocycles. The lowest BCUT2D eigenvalue weighted by Gasteiger charge is -2.06. The molecule has 0 atom stereocenters. The van der Waals surface area contributed by atoms with Crippen molar-refractivity contribution in [2.24, 2.45) is 0 Å². The number of unbranched alkanes of at least 4 members (excludes halogenated alkanes) is 1. The van der Waals surface area contributed by atoms with Crippen LogP contribution >= 0.6 is 0 Å². The smallest absolute Gasteiger partial charge is 0.238 e. The minimum Gasteiger partial charge on any atom is -0.345 e. The molecular weight excluding hydrogens is 200 g/mol. The molecule has 0 aromatic carbocycles. The summed E-state index contributed by atoms with van der Waals surface area (Å²) in [6, 6.07) is 3.54. The first-order valence-electron chi connectivity index (χ1n) is 5.05. The molecule has 2 nitrogen and oxygen atoms in total. The average Bonchev–Trinajstić information content (AvgIpc) is 2.60. The Kier molecular flexibility index (Phi) is 4.46. The van der Waals surface area contributed by atoms with Gasteiger partial charge in [-0.3, -0.25) is 4.79 Å². The number of alkyl halides is 2. The lowest BCUT2D eigenvalue weighted by atomic mass is 10.2. The van der Waals surface area contributed by atoms with Gasteiger partial charge in [0.2, 0.25) is 6.43 Å². The first-order chi connectivity index (χ1) is 7.11. The number of hydrogen-bond acceptors (Lipinski definition) is 1. The molecular formula is C11H15F2NO. The minimum absolute atomic E-state index is 0.00820. The number of aryl methyl sites for hydroxylation is 1. The van der Waals surface area contributed by atoms with Crippen molar-refractivity contribution in [3.63, 3.8) is 0 Å². The maximum Gasteiger partial charge on any atom is 0.238 e. The van der Waals surface area contributed by atoms with Crippen LogP contribution in [0.15, 0.2) is 18.3 Å². The van der Waals surface area contributed by atoms with Gasteiger partial charge in [0.1, 0.15) is 0 Å². The molecule has 84 valence electrons. The Bertz CT molecular complexity index is 320. The molecule has 0 saturated carbocycles. The second kappa shape index (κ2) is 5.63. The standard InChI is InChI=1S/C11H15F2NO/c1-9(15)10-5-4-8-14(10)7-3-2-6-11(12)13/h4-5,8,11H,2-3,6-7H2,1H3. The van der Waals surface area contributed by atoms with E-state index in [0.29, 0.717) is 25.1 Å². The molecule has 0 fully saturated rings. The molecule has 0 aliphatic carbocycles. The van der Waals surface area contributed by atoms with E-state index in [1.807, 2.05) is 4.57 Å². The number of ketones is 1. The van der Waals surface area contributed by atoms with E-state index in [4.69, 9.17) is 0 Å². The number of rotatable bonds is 6. The summed E-state index contributed by atoms with van der Waals surface area (Å²) in [5.74, 6) is 0.00820. The van der Waals surface area contributed by atoms with Gasteiger partial charge in [0.25, 0.3) is 0 Å². The summed E-state index contributed by atoms with van der Waals surface area (Å²) in [7, 11) is 0. The number of halogens is 2. The zero-order valence-electron chi connectivity index (χ0n) is 8.75. The Morgan fingerprint density at radius 2 is 2.20 bits per heavy atom. The third-order valence-electron chi connectivity index (χ3n) is 2.26. The summed E-state index contributed by atoms with van der Waals surface area (Å²) in [5.41, 5.74) is 0.645. The maximum absolute atomic E-state index is 11.8. The molecule has 0 bridgehead atoms. The fraction of sp³-hybridized carbons (Fsp3) is 0.545. The Labute approximate surface area is 87.9 Å². The third-order valence-corrected chi connectivity index (χ3v) is 2.26. The summed E-state index contributed by atoms with van der Waals surface area (Å²) >= 11 is 0. The third kappa shape index (κ3) is 3.81. The predicted octanol–water partition coefficient (Wildman–Crippen LogP) is 3.13. The Hall–Kier alpha value is -1.19. The largest absolute Gasteiger partial charge is 0.345 e. The lowest BCUT2D eigenvalue weighted by Crippen LogP contribution is -2.06. The molecule has 0 aliphatic heterocycles. The van der Waals surface area contributed by atoms with E-state index in [-0.39, 0.29) is 12.2 Å². The van der Waals surface area contributed by atoms with Gasteiger partial charge in [-0.2, -0.15) is 0 Å². The van der Waals surface area contributed by atoms with Crippen LogP contribution in [0.2, 0.25) is 0 Å². The molecule has 4 heteroatoms. The number of carbonyl (C=O) groups excluding carboxylic acids is 1. The van der Waals surface area contributed by atoms with Crippen molar-refractivity contribution in [2.75, 3.05) is 0 Å². The highest BCUT2D eigenvalue weighted by Crippen LogP contribution is 2.09. The van der Waals surface area contributed by atoms with Gasteiger partial charge in [0, 0.05) is 26.1 Å². The van der Waals surface area contributed by atoms with E-state index in [1.165, 1.54) is 6.92 Å². The summed E-state index contributed by atoms with van der Waals surface area (Å²) in [5, 5.41) is 0. The quantitative estimate of drug-likeness (QED) is 0.528. The SMILES string of the molecule is CC(=O)c1cccn1CCCCC(F)F. The van der Waals surface area contributed by atoms with Gasteiger partial charge in [-0.05, 0) is 25.0 Å². The van der Waals surface area contributed by atoms with Crippen LogP contribution in [0.25, 0.3) is 0 Å². The van der Waals surface area contributed by atoms with E-state index < -0.39 is 6.43 Å². The zero-order chi connectivity index (χ0) is 11.3. The van der Waals surface area contributed by atoms with Gasteiger partial charge < -0.3 is 4.57 Å². The van der Waals surface area contributed by atoms with Crippen molar-refractivity contribution in [3.8, 4) is 0 Å². The number of nitrogens with zero attached hydrogens (tertiary/aromatic N) is 1. The normalized spacial score (nSPS) is 10.9. The van der Waals surface area contributed by atoms with Gasteiger partial charge in [0.05, 0.1) is 5.69 Å². The van der Waals surface area contributed by atoms with Crippen LogP contribution in [-0.4, -0.2) is 16.8 Å². The fourth-order valence-corrected chi connectivity index (χ4v) is 1.51. The highest BCUT2D eigenvalue weighted by Gasteiger charge is 2.06. The molecule has 0 aliphatic rings. The van der Waals surface area contributed by atoms with Gasteiger partial charge >= 0.3 is 0 Å². The molecule has 15 heavy (non-hydrogen) atoms. The molecule has 1 rings (SSSR count). The second-order valence-corrected chi connectivity index (χ2v) is 3.53. The van der Waals surface area contributed by atoms with E-state index in [2.05, 4.69) is 0 Å². The predicted molar refractivity (Wildman–Crippen MR) is 54.3 cm³/mol. The molecule has 0 N–H and O–H groups in total. The Balaban J connectivity index is 2.37. The molecule has 0 spiro atoms. The van der Waals surface area contributed by atoms with E-state index >= 15 is 0 Å². The summed E-state index contributed by atoms with van der Waals surface area (Å²) in [6.07, 6.45) is 0.698. The average molecular weight is 215 g/mol. The van der Waals surface area contributed by atoms with Crippen molar-refractivity contribution in [2.45, 2.75) is 39.2 Å². The van der Waals surface area contributed by atoms with Crippen molar-refractivity contribution < 1.29 is 13.6 Å². The van der Waals surface area contributed by atoms with Crippen LogP contribution in [0.5, 0.6) is 0 Å². The Morgan fingerprint density at radius 1 is 1.47 bits per heavy atom. The lowest BCUT2D eigenvalue weighted by molar-refractivity contribution is 0.100. The van der Waals surface area contributed by atoms with Gasteiger partial charge in [-0.25, -0.2) is 8.78 Å². The topological polar surface area (TPSA) is 22.0 Å². The van der Waals surface area contributed by atoms with E-state index in [0.717, 1.165) is 0 Å². The number of hydrogen-bond donors (Lipinski definition) is 0. The van der Waals surface area contributed by atoms with Crippen molar-refractivity contribution in [1.82, 2.24) is 4.57 Å². The number of Topliss-reactive ketones (excluding diaryl/α,β-unsaturated/α-hetero) is 1. The number of carbonyl (C=O) groups is 1. The highest BCUT2D eigenvalue weighted by atomic mass is 19.3. The first-order valence-corrected chi connectivity index (χ1v) is 5.05. The molecule has 0 unspecified atom stereocenters. The molecule has 1 heterocycles. The van der Waals surface area contributed by atoms with Crippen LogP contribution in [-0.2, 0) is 6.54 Å².